The van der Waals surface area contributed by atoms with Gasteiger partial charge < -0.3 is 9.84 Å². The minimum atomic E-state index is -0.552. The SMILES string of the molecule is C[C@H](O)c1cc(Br)ccc1OCc1sccc1Br. The van der Waals surface area contributed by atoms with Gasteiger partial charge in [0.15, 0.2) is 0 Å². The molecule has 0 aliphatic carbocycles. The molecule has 0 radical (unpaired) electrons. The van der Waals surface area contributed by atoms with Gasteiger partial charge in [0, 0.05) is 14.5 Å². The van der Waals surface area contributed by atoms with Crippen molar-refractivity contribution in [2.24, 2.45) is 0 Å². The molecule has 18 heavy (non-hydrogen) atoms. The molecule has 0 saturated carbocycles. The number of rotatable bonds is 4. The second-order valence-electron chi connectivity index (χ2n) is 3.84. The Morgan fingerprint density at radius 3 is 2.72 bits per heavy atom. The average molecular weight is 392 g/mol. The van der Waals surface area contributed by atoms with Crippen molar-refractivity contribution < 1.29 is 9.84 Å². The van der Waals surface area contributed by atoms with Crippen molar-refractivity contribution >= 4 is 43.2 Å². The van der Waals surface area contributed by atoms with Crippen LogP contribution in [0.3, 0.4) is 0 Å². The molecule has 1 atom stereocenters. The fourth-order valence-electron chi connectivity index (χ4n) is 1.55. The Morgan fingerprint density at radius 2 is 2.11 bits per heavy atom. The van der Waals surface area contributed by atoms with Crippen LogP contribution in [0.1, 0.15) is 23.5 Å². The number of hydrogen-bond donors (Lipinski definition) is 1. The Bertz CT molecular complexity index is 538. The average Bonchev–Trinajstić information content (AvgIpc) is 2.73. The molecular formula is C13H12Br2O2S. The topological polar surface area (TPSA) is 29.5 Å². The largest absolute Gasteiger partial charge is 0.488 e. The third-order valence-corrected chi connectivity index (χ3v) is 4.86. The highest BCUT2D eigenvalue weighted by molar-refractivity contribution is 9.10. The standard InChI is InChI=1S/C13H12Br2O2S/c1-8(16)10-6-9(14)2-3-12(10)17-7-13-11(15)4-5-18-13/h2-6,8,16H,7H2,1H3/t8-/m0/s1. The molecule has 1 aromatic carbocycles. The van der Waals surface area contributed by atoms with Crippen molar-refractivity contribution in [1.82, 2.24) is 0 Å². The molecule has 0 aliphatic rings. The zero-order valence-corrected chi connectivity index (χ0v) is 13.7. The third-order valence-electron chi connectivity index (χ3n) is 2.47. The fraction of sp³-hybridized carbons (Fsp3) is 0.231. The molecule has 1 heterocycles. The first-order valence-electron chi connectivity index (χ1n) is 5.40. The number of halogens is 2. The second kappa shape index (κ2) is 6.19. The molecule has 2 aromatic rings. The van der Waals surface area contributed by atoms with Crippen LogP contribution in [-0.4, -0.2) is 5.11 Å². The Balaban J connectivity index is 2.16. The van der Waals surface area contributed by atoms with Crippen molar-refractivity contribution in [3.8, 4) is 5.75 Å². The molecule has 0 unspecified atom stereocenters. The molecule has 0 spiro atoms. The number of benzene rings is 1. The summed E-state index contributed by atoms with van der Waals surface area (Å²) in [5.74, 6) is 0.716. The lowest BCUT2D eigenvalue weighted by Gasteiger charge is -2.13. The molecule has 2 nitrogen and oxygen atoms in total. The van der Waals surface area contributed by atoms with Gasteiger partial charge in [0.2, 0.25) is 0 Å². The summed E-state index contributed by atoms with van der Waals surface area (Å²) < 4.78 is 7.77. The van der Waals surface area contributed by atoms with E-state index in [-0.39, 0.29) is 0 Å². The summed E-state index contributed by atoms with van der Waals surface area (Å²) in [6.45, 7) is 2.23. The molecule has 0 aliphatic heterocycles. The van der Waals surface area contributed by atoms with Crippen molar-refractivity contribution in [1.29, 1.82) is 0 Å². The van der Waals surface area contributed by atoms with E-state index in [2.05, 4.69) is 31.9 Å². The van der Waals surface area contributed by atoms with E-state index < -0.39 is 6.10 Å². The van der Waals surface area contributed by atoms with Crippen molar-refractivity contribution in [2.75, 3.05) is 0 Å². The van der Waals surface area contributed by atoms with Crippen LogP contribution in [0, 0.1) is 0 Å². The maximum absolute atomic E-state index is 9.73. The summed E-state index contributed by atoms with van der Waals surface area (Å²) in [7, 11) is 0. The Morgan fingerprint density at radius 1 is 1.33 bits per heavy atom. The van der Waals surface area contributed by atoms with Gasteiger partial charge in [-0.2, -0.15) is 0 Å². The minimum absolute atomic E-state index is 0.500. The summed E-state index contributed by atoms with van der Waals surface area (Å²) in [5.41, 5.74) is 0.789. The smallest absolute Gasteiger partial charge is 0.125 e. The molecule has 96 valence electrons. The van der Waals surface area contributed by atoms with E-state index in [1.807, 2.05) is 29.6 Å². The van der Waals surface area contributed by atoms with Crippen LogP contribution in [0.4, 0.5) is 0 Å². The molecule has 0 bridgehead atoms. The van der Waals surface area contributed by atoms with Gasteiger partial charge in [-0.1, -0.05) is 15.9 Å². The maximum Gasteiger partial charge on any atom is 0.125 e. The highest BCUT2D eigenvalue weighted by Gasteiger charge is 2.11. The molecule has 0 fully saturated rings. The first-order valence-corrected chi connectivity index (χ1v) is 7.86. The number of aliphatic hydroxyl groups excluding tert-OH is 1. The summed E-state index contributed by atoms with van der Waals surface area (Å²) >= 11 is 8.51. The van der Waals surface area contributed by atoms with E-state index in [0.29, 0.717) is 12.4 Å². The summed E-state index contributed by atoms with van der Waals surface area (Å²) in [4.78, 5) is 1.13. The highest BCUT2D eigenvalue weighted by atomic mass is 79.9. The minimum Gasteiger partial charge on any atom is -0.488 e. The van der Waals surface area contributed by atoms with E-state index in [1.54, 1.807) is 18.3 Å². The first-order chi connectivity index (χ1) is 8.58. The molecule has 0 saturated heterocycles. The first kappa shape index (κ1) is 14.1. The fourth-order valence-corrected chi connectivity index (χ4v) is 3.31. The lowest BCUT2D eigenvalue weighted by atomic mass is 10.1. The highest BCUT2D eigenvalue weighted by Crippen LogP contribution is 2.30. The number of aliphatic hydroxyl groups is 1. The maximum atomic E-state index is 9.73. The zero-order chi connectivity index (χ0) is 13.1. The van der Waals surface area contributed by atoms with E-state index in [4.69, 9.17) is 4.74 Å². The summed E-state index contributed by atoms with van der Waals surface area (Å²) in [6.07, 6.45) is -0.552. The van der Waals surface area contributed by atoms with Crippen LogP contribution >= 0.6 is 43.2 Å². The summed E-state index contributed by atoms with van der Waals surface area (Å²) in [6, 6.07) is 7.66. The summed E-state index contributed by atoms with van der Waals surface area (Å²) in [5, 5.41) is 11.7. The van der Waals surface area contributed by atoms with Gasteiger partial charge in [-0.25, -0.2) is 0 Å². The van der Waals surface area contributed by atoms with Gasteiger partial charge in [0.1, 0.15) is 12.4 Å². The van der Waals surface area contributed by atoms with Crippen LogP contribution in [0.15, 0.2) is 38.6 Å². The zero-order valence-electron chi connectivity index (χ0n) is 9.69. The van der Waals surface area contributed by atoms with Crippen LogP contribution in [0.25, 0.3) is 0 Å². The predicted octanol–water partition coefficient (Wildman–Crippen LogP) is 4.91. The van der Waals surface area contributed by atoms with Crippen molar-refractivity contribution in [2.45, 2.75) is 19.6 Å². The van der Waals surface area contributed by atoms with Gasteiger partial charge in [-0.3, -0.25) is 0 Å². The molecule has 2 rings (SSSR count). The Labute approximate surface area is 127 Å². The lowest BCUT2D eigenvalue weighted by molar-refractivity contribution is 0.190. The number of hydrogen-bond acceptors (Lipinski definition) is 3. The number of thiophene rings is 1. The predicted molar refractivity (Wildman–Crippen MR) is 81.1 cm³/mol. The van der Waals surface area contributed by atoms with Crippen molar-refractivity contribution in [3.63, 3.8) is 0 Å². The van der Waals surface area contributed by atoms with Gasteiger partial charge in [-0.15, -0.1) is 11.3 Å². The van der Waals surface area contributed by atoms with Crippen LogP contribution in [-0.2, 0) is 6.61 Å². The van der Waals surface area contributed by atoms with Crippen LogP contribution in [0.2, 0.25) is 0 Å². The molecule has 5 heteroatoms. The molecule has 1 aromatic heterocycles. The number of ether oxygens (including phenoxy) is 1. The van der Waals surface area contributed by atoms with Crippen molar-refractivity contribution in [3.05, 3.63) is 49.0 Å². The molecule has 0 amide bonds. The van der Waals surface area contributed by atoms with E-state index in [1.165, 1.54) is 0 Å². The lowest BCUT2D eigenvalue weighted by Crippen LogP contribution is -2.00. The second-order valence-corrected chi connectivity index (χ2v) is 6.61. The van der Waals surface area contributed by atoms with E-state index in [0.717, 1.165) is 19.4 Å². The monoisotopic (exact) mass is 390 g/mol. The molecule has 1 N–H and O–H groups in total. The van der Waals surface area contributed by atoms with Gasteiger partial charge in [0.05, 0.1) is 11.0 Å². The van der Waals surface area contributed by atoms with Gasteiger partial charge in [0.25, 0.3) is 0 Å². The van der Waals surface area contributed by atoms with E-state index in [9.17, 15) is 5.11 Å². The Kier molecular flexibility index (Phi) is 4.84. The third kappa shape index (κ3) is 3.35. The van der Waals surface area contributed by atoms with Gasteiger partial charge >= 0.3 is 0 Å². The van der Waals surface area contributed by atoms with Crippen LogP contribution in [0.5, 0.6) is 5.75 Å². The molecular weight excluding hydrogens is 380 g/mol. The quantitative estimate of drug-likeness (QED) is 0.802. The van der Waals surface area contributed by atoms with E-state index >= 15 is 0 Å². The normalized spacial score (nSPS) is 12.4. The van der Waals surface area contributed by atoms with Crippen LogP contribution < -0.4 is 4.74 Å². The Hall–Kier alpha value is -0.360. The van der Waals surface area contributed by atoms with Gasteiger partial charge in [-0.05, 0) is 52.5 Å².